The van der Waals surface area contributed by atoms with Gasteiger partial charge in [0.1, 0.15) is 18.1 Å². The summed E-state index contributed by atoms with van der Waals surface area (Å²) in [6, 6.07) is 25.0. The smallest absolute Gasteiger partial charge is 0.255 e. The number of hydrogen-bond donors (Lipinski definition) is 1. The molecule has 1 aromatic heterocycles. The van der Waals surface area contributed by atoms with Gasteiger partial charge in [-0.15, -0.1) is 0 Å². The number of unbranched alkanes of at least 4 members (excludes halogenated alkanes) is 2. The predicted octanol–water partition coefficient (Wildman–Crippen LogP) is 5.63. The van der Waals surface area contributed by atoms with Gasteiger partial charge in [0.25, 0.3) is 5.91 Å². The van der Waals surface area contributed by atoms with Crippen LogP contribution in [0, 0.1) is 0 Å². The van der Waals surface area contributed by atoms with Crippen LogP contribution in [-0.4, -0.2) is 41.1 Å². The molecule has 0 saturated carbocycles. The van der Waals surface area contributed by atoms with Crippen molar-refractivity contribution in [3.8, 4) is 5.75 Å². The predicted molar refractivity (Wildman–Crippen MR) is 152 cm³/mol. The van der Waals surface area contributed by atoms with Crippen molar-refractivity contribution < 1.29 is 14.3 Å². The van der Waals surface area contributed by atoms with Gasteiger partial charge in [-0.2, -0.15) is 0 Å². The lowest BCUT2D eigenvalue weighted by molar-refractivity contribution is -0.119. The number of methoxy groups -OCH3 is 1. The molecule has 0 spiro atoms. The van der Waals surface area contributed by atoms with E-state index < -0.39 is 0 Å². The fourth-order valence-corrected chi connectivity index (χ4v) is 4.74. The van der Waals surface area contributed by atoms with Crippen molar-refractivity contribution in [1.29, 1.82) is 0 Å². The van der Waals surface area contributed by atoms with Gasteiger partial charge in [-0.05, 0) is 63.1 Å². The Balaban J connectivity index is 1.37. The molecule has 0 aliphatic heterocycles. The number of hydrogen-bond acceptors (Lipinski definition) is 4. The van der Waals surface area contributed by atoms with Gasteiger partial charge in [-0.25, -0.2) is 4.98 Å². The molecule has 0 fully saturated rings. The number of carbonyl (C=O) groups excluding carboxylic acids is 2. The summed E-state index contributed by atoms with van der Waals surface area (Å²) in [6.45, 7) is 4.89. The van der Waals surface area contributed by atoms with Crippen LogP contribution >= 0.6 is 0 Å². The average molecular weight is 513 g/mol. The first kappa shape index (κ1) is 26.9. The lowest BCUT2D eigenvalue weighted by atomic mass is 10.1. The maximum atomic E-state index is 13.5. The molecule has 198 valence electrons. The van der Waals surface area contributed by atoms with E-state index in [0.717, 1.165) is 48.2 Å². The molecular weight excluding hydrogens is 476 g/mol. The minimum atomic E-state index is -0.129. The molecule has 4 rings (SSSR count). The zero-order valence-corrected chi connectivity index (χ0v) is 22.4. The number of nitrogens with zero attached hydrogens (tertiary/aromatic N) is 3. The zero-order valence-electron chi connectivity index (χ0n) is 22.4. The third-order valence-electron chi connectivity index (χ3n) is 6.56. The van der Waals surface area contributed by atoms with E-state index in [2.05, 4.69) is 9.88 Å². The summed E-state index contributed by atoms with van der Waals surface area (Å²) in [5.41, 5.74) is 3.31. The summed E-state index contributed by atoms with van der Waals surface area (Å²) in [5, 5.41) is 2.98. The van der Waals surface area contributed by atoms with Gasteiger partial charge in [0.2, 0.25) is 5.91 Å². The van der Waals surface area contributed by atoms with Crippen LogP contribution in [0.15, 0.2) is 78.9 Å². The number of fused-ring (bicyclic) bond motifs is 1. The van der Waals surface area contributed by atoms with Crippen LogP contribution in [0.5, 0.6) is 5.75 Å². The van der Waals surface area contributed by atoms with E-state index in [9.17, 15) is 9.59 Å². The number of ether oxygens (including phenoxy) is 1. The maximum absolute atomic E-state index is 13.5. The minimum Gasteiger partial charge on any atom is -0.496 e. The number of carbonyl (C=O) groups is 2. The van der Waals surface area contributed by atoms with Gasteiger partial charge in [-0.3, -0.25) is 9.59 Å². The van der Waals surface area contributed by atoms with Crippen LogP contribution in [-0.2, 0) is 17.8 Å². The molecule has 4 aromatic rings. The number of nitrogens with one attached hydrogen (secondary N) is 1. The van der Waals surface area contributed by atoms with Crippen LogP contribution in [0.2, 0.25) is 0 Å². The number of rotatable bonds is 12. The van der Waals surface area contributed by atoms with Crippen molar-refractivity contribution in [2.24, 2.45) is 0 Å². The van der Waals surface area contributed by atoms with Crippen molar-refractivity contribution in [2.75, 3.05) is 18.6 Å². The summed E-state index contributed by atoms with van der Waals surface area (Å²) in [7, 11) is 1.56. The van der Waals surface area contributed by atoms with E-state index in [1.54, 1.807) is 19.2 Å². The number of benzene rings is 3. The first-order valence-electron chi connectivity index (χ1n) is 13.2. The van der Waals surface area contributed by atoms with Crippen molar-refractivity contribution >= 4 is 28.5 Å². The van der Waals surface area contributed by atoms with Gasteiger partial charge >= 0.3 is 0 Å². The third kappa shape index (κ3) is 6.40. The lowest BCUT2D eigenvalue weighted by Crippen LogP contribution is -2.39. The Labute approximate surface area is 224 Å². The topological polar surface area (TPSA) is 76.5 Å². The Hall–Kier alpha value is -4.13. The second kappa shape index (κ2) is 12.9. The summed E-state index contributed by atoms with van der Waals surface area (Å²) in [5.74, 6) is 1.39. The largest absolute Gasteiger partial charge is 0.496 e. The Morgan fingerprint density at radius 1 is 0.921 bits per heavy atom. The quantitative estimate of drug-likeness (QED) is 0.250. The van der Waals surface area contributed by atoms with E-state index in [1.807, 2.05) is 85.5 Å². The molecule has 0 atom stereocenters. The third-order valence-corrected chi connectivity index (χ3v) is 6.56. The maximum Gasteiger partial charge on any atom is 0.255 e. The van der Waals surface area contributed by atoms with E-state index in [1.165, 1.54) is 0 Å². The number of imidazole rings is 1. The summed E-state index contributed by atoms with van der Waals surface area (Å²) < 4.78 is 7.33. The lowest BCUT2D eigenvalue weighted by Gasteiger charge is -2.27. The molecule has 3 aromatic carbocycles. The van der Waals surface area contributed by atoms with Crippen molar-refractivity contribution in [1.82, 2.24) is 14.9 Å². The van der Waals surface area contributed by atoms with Gasteiger partial charge in [0, 0.05) is 24.7 Å². The van der Waals surface area contributed by atoms with E-state index in [0.29, 0.717) is 17.9 Å². The highest BCUT2D eigenvalue weighted by atomic mass is 16.5. The highest BCUT2D eigenvalue weighted by Crippen LogP contribution is 2.22. The Kier molecular flexibility index (Phi) is 9.14. The standard InChI is InChI=1S/C31H36N4O3/c1-23(2)35(24-14-6-4-7-15-24)30(36)22-34-27-18-11-10-17-26(27)33-29(34)20-8-5-13-21-32-31(37)25-16-9-12-19-28(25)38-3/h4,6-7,9-12,14-19,23H,5,8,13,20-22H2,1-3H3,(H,32,37). The first-order valence-corrected chi connectivity index (χ1v) is 13.2. The normalized spacial score (nSPS) is 11.1. The summed E-state index contributed by atoms with van der Waals surface area (Å²) in [4.78, 5) is 32.7. The highest BCUT2D eigenvalue weighted by Gasteiger charge is 2.21. The van der Waals surface area contributed by atoms with Crippen LogP contribution in [0.1, 0.15) is 49.3 Å². The summed E-state index contributed by atoms with van der Waals surface area (Å²) >= 11 is 0. The Bertz CT molecular complexity index is 1360. The number of para-hydroxylation sites is 4. The first-order chi connectivity index (χ1) is 18.5. The fraction of sp³-hybridized carbons (Fsp3) is 0.323. The monoisotopic (exact) mass is 512 g/mol. The molecule has 1 heterocycles. The minimum absolute atomic E-state index is 0.0363. The van der Waals surface area contributed by atoms with E-state index in [-0.39, 0.29) is 24.4 Å². The van der Waals surface area contributed by atoms with Crippen molar-refractivity contribution in [3.05, 3.63) is 90.3 Å². The molecular formula is C31H36N4O3. The zero-order chi connectivity index (χ0) is 26.9. The van der Waals surface area contributed by atoms with Crippen LogP contribution in [0.4, 0.5) is 5.69 Å². The number of aromatic nitrogens is 2. The summed E-state index contributed by atoms with van der Waals surface area (Å²) in [6.07, 6.45) is 3.46. The van der Waals surface area contributed by atoms with Crippen LogP contribution in [0.3, 0.4) is 0 Å². The number of aryl methyl sites for hydroxylation is 1. The van der Waals surface area contributed by atoms with Crippen molar-refractivity contribution in [2.45, 2.75) is 52.1 Å². The molecule has 1 N–H and O–H groups in total. The molecule has 0 aliphatic rings. The molecule has 0 saturated heterocycles. The molecule has 38 heavy (non-hydrogen) atoms. The van der Waals surface area contributed by atoms with Crippen LogP contribution in [0.25, 0.3) is 11.0 Å². The van der Waals surface area contributed by atoms with Gasteiger partial charge in [0.15, 0.2) is 0 Å². The molecule has 0 bridgehead atoms. The highest BCUT2D eigenvalue weighted by molar-refractivity contribution is 5.97. The Morgan fingerprint density at radius 2 is 1.63 bits per heavy atom. The molecule has 0 aliphatic carbocycles. The molecule has 7 heteroatoms. The number of amides is 2. The fourth-order valence-electron chi connectivity index (χ4n) is 4.74. The van der Waals surface area contributed by atoms with Gasteiger partial charge < -0.3 is 19.5 Å². The SMILES string of the molecule is COc1ccccc1C(=O)NCCCCCc1nc2ccccc2n1CC(=O)N(c1ccccc1)C(C)C. The van der Waals surface area contributed by atoms with Gasteiger partial charge in [0.05, 0.1) is 23.7 Å². The van der Waals surface area contributed by atoms with E-state index in [4.69, 9.17) is 9.72 Å². The van der Waals surface area contributed by atoms with Gasteiger partial charge in [-0.1, -0.05) is 48.9 Å². The average Bonchev–Trinajstić information content (AvgIpc) is 3.27. The molecule has 0 radical (unpaired) electrons. The number of anilines is 1. The Morgan fingerprint density at radius 3 is 2.39 bits per heavy atom. The molecule has 2 amide bonds. The molecule has 7 nitrogen and oxygen atoms in total. The molecule has 0 unspecified atom stereocenters. The van der Waals surface area contributed by atoms with E-state index >= 15 is 0 Å². The van der Waals surface area contributed by atoms with Crippen LogP contribution < -0.4 is 15.0 Å². The second-order valence-electron chi connectivity index (χ2n) is 9.56. The van der Waals surface area contributed by atoms with Crippen molar-refractivity contribution in [3.63, 3.8) is 0 Å². The second-order valence-corrected chi connectivity index (χ2v) is 9.56.